The average Bonchev–Trinajstić information content (AvgIpc) is 2.53. The first-order valence-corrected chi connectivity index (χ1v) is 8.17. The van der Waals surface area contributed by atoms with Crippen molar-refractivity contribution in [2.45, 2.75) is 32.5 Å². The minimum absolute atomic E-state index is 0.0889. The molecule has 0 fully saturated rings. The third-order valence-corrected chi connectivity index (χ3v) is 3.68. The number of benzene rings is 2. The fourth-order valence-corrected chi connectivity index (χ4v) is 2.77. The largest absolute Gasteiger partial charge is 0.389 e. The molecule has 2 aromatic carbocycles. The number of aliphatic hydroxyl groups is 1. The summed E-state index contributed by atoms with van der Waals surface area (Å²) in [6.45, 7) is 5.59. The van der Waals surface area contributed by atoms with Crippen molar-refractivity contribution in [2.75, 3.05) is 13.6 Å². The normalized spacial score (nSPS) is 11.5. The van der Waals surface area contributed by atoms with E-state index in [1.807, 2.05) is 50.2 Å². The van der Waals surface area contributed by atoms with Crippen molar-refractivity contribution >= 4 is 5.91 Å². The van der Waals surface area contributed by atoms with Gasteiger partial charge in [-0.3, -0.25) is 9.69 Å². The van der Waals surface area contributed by atoms with E-state index in [-0.39, 0.29) is 5.91 Å². The summed E-state index contributed by atoms with van der Waals surface area (Å²) in [5.41, 5.74) is 2.12. The predicted octanol–water partition coefficient (Wildman–Crippen LogP) is 2.82. The minimum atomic E-state index is -0.785. The van der Waals surface area contributed by atoms with Crippen LogP contribution in [0.4, 0.5) is 0 Å². The van der Waals surface area contributed by atoms with Gasteiger partial charge in [-0.15, -0.1) is 0 Å². The summed E-state index contributed by atoms with van der Waals surface area (Å²) in [7, 11) is 1.63. The molecule has 0 unspecified atom stereocenters. The van der Waals surface area contributed by atoms with Crippen molar-refractivity contribution in [2.24, 2.45) is 0 Å². The molecule has 4 nitrogen and oxygen atoms in total. The Hall–Kier alpha value is -2.17. The van der Waals surface area contributed by atoms with Gasteiger partial charge in [0.25, 0.3) is 5.91 Å². The van der Waals surface area contributed by atoms with Crippen LogP contribution in [0.1, 0.15) is 35.3 Å². The number of carbonyl (C=O) groups is 1. The first-order chi connectivity index (χ1) is 11.4. The first kappa shape index (κ1) is 18.2. The van der Waals surface area contributed by atoms with E-state index in [1.165, 1.54) is 5.56 Å². The molecule has 2 rings (SSSR count). The van der Waals surface area contributed by atoms with Crippen LogP contribution in [-0.2, 0) is 13.1 Å². The van der Waals surface area contributed by atoms with E-state index >= 15 is 0 Å². The molecule has 0 radical (unpaired) electrons. The number of nitrogens with zero attached hydrogens (tertiary/aromatic N) is 1. The van der Waals surface area contributed by atoms with Crippen LogP contribution in [0.5, 0.6) is 0 Å². The van der Waals surface area contributed by atoms with Gasteiger partial charge in [0.15, 0.2) is 0 Å². The molecule has 0 aliphatic heterocycles. The summed E-state index contributed by atoms with van der Waals surface area (Å²) in [6.07, 6.45) is 0. The highest BCUT2D eigenvalue weighted by Crippen LogP contribution is 2.15. The molecule has 2 aromatic rings. The molecule has 0 saturated carbocycles. The van der Waals surface area contributed by atoms with Crippen LogP contribution in [0.25, 0.3) is 0 Å². The van der Waals surface area contributed by atoms with Crippen LogP contribution >= 0.6 is 0 Å². The number of hydrogen-bond donors (Lipinski definition) is 2. The minimum Gasteiger partial charge on any atom is -0.389 e. The zero-order chi connectivity index (χ0) is 17.6. The van der Waals surface area contributed by atoms with Crippen LogP contribution in [0.2, 0.25) is 0 Å². The third kappa shape index (κ3) is 5.80. The molecule has 0 spiro atoms. The first-order valence-electron chi connectivity index (χ1n) is 8.17. The van der Waals surface area contributed by atoms with Gasteiger partial charge in [-0.2, -0.15) is 0 Å². The van der Waals surface area contributed by atoms with Crippen LogP contribution in [0.15, 0.2) is 54.6 Å². The molecule has 128 valence electrons. The maximum atomic E-state index is 11.8. The van der Waals surface area contributed by atoms with Gasteiger partial charge in [-0.1, -0.05) is 42.5 Å². The summed E-state index contributed by atoms with van der Waals surface area (Å²) < 4.78 is 0. The van der Waals surface area contributed by atoms with Crippen LogP contribution in [-0.4, -0.2) is 35.1 Å². The third-order valence-electron chi connectivity index (χ3n) is 3.68. The quantitative estimate of drug-likeness (QED) is 0.823. The molecule has 4 heteroatoms. The SMILES string of the molecule is CNC(=O)c1cccc(CN(Cc2ccccc2)CC(C)(C)O)c1. The van der Waals surface area contributed by atoms with Gasteiger partial charge in [0.1, 0.15) is 0 Å². The molecule has 0 aliphatic carbocycles. The fourth-order valence-electron chi connectivity index (χ4n) is 2.77. The Labute approximate surface area is 144 Å². The molecule has 0 bridgehead atoms. The Morgan fingerprint density at radius 2 is 1.67 bits per heavy atom. The average molecular weight is 326 g/mol. The van der Waals surface area contributed by atoms with Gasteiger partial charge in [0, 0.05) is 32.2 Å². The highest BCUT2D eigenvalue weighted by molar-refractivity contribution is 5.94. The van der Waals surface area contributed by atoms with Crippen LogP contribution < -0.4 is 5.32 Å². The summed E-state index contributed by atoms with van der Waals surface area (Å²) in [6, 6.07) is 17.8. The highest BCUT2D eigenvalue weighted by Gasteiger charge is 2.19. The summed E-state index contributed by atoms with van der Waals surface area (Å²) in [5.74, 6) is -0.0889. The van der Waals surface area contributed by atoms with Crippen LogP contribution in [0.3, 0.4) is 0 Å². The van der Waals surface area contributed by atoms with Crippen molar-refractivity contribution < 1.29 is 9.90 Å². The summed E-state index contributed by atoms with van der Waals surface area (Å²) >= 11 is 0. The Morgan fingerprint density at radius 3 is 2.29 bits per heavy atom. The van der Waals surface area contributed by atoms with E-state index in [4.69, 9.17) is 0 Å². The van der Waals surface area contributed by atoms with Gasteiger partial charge in [0.2, 0.25) is 0 Å². The zero-order valence-electron chi connectivity index (χ0n) is 14.6. The molecule has 1 amide bonds. The highest BCUT2D eigenvalue weighted by atomic mass is 16.3. The second-order valence-corrected chi connectivity index (χ2v) is 6.72. The Kier molecular flexibility index (Phi) is 6.12. The fraction of sp³-hybridized carbons (Fsp3) is 0.350. The maximum absolute atomic E-state index is 11.8. The van der Waals surface area contributed by atoms with E-state index in [9.17, 15) is 9.90 Å². The number of rotatable bonds is 7. The van der Waals surface area contributed by atoms with Crippen molar-refractivity contribution in [1.29, 1.82) is 0 Å². The van der Waals surface area contributed by atoms with Crippen molar-refractivity contribution in [1.82, 2.24) is 10.2 Å². The van der Waals surface area contributed by atoms with Crippen molar-refractivity contribution in [3.8, 4) is 0 Å². The molecule has 0 aromatic heterocycles. The second-order valence-electron chi connectivity index (χ2n) is 6.72. The lowest BCUT2D eigenvalue weighted by molar-refractivity contribution is 0.0306. The molecular formula is C20H26N2O2. The molecule has 0 aliphatic rings. The Bertz CT molecular complexity index is 663. The van der Waals surface area contributed by atoms with E-state index in [1.54, 1.807) is 13.1 Å². The number of carbonyl (C=O) groups excluding carboxylic acids is 1. The molecule has 0 saturated heterocycles. The number of hydrogen-bond acceptors (Lipinski definition) is 3. The van der Waals surface area contributed by atoms with E-state index < -0.39 is 5.60 Å². The maximum Gasteiger partial charge on any atom is 0.251 e. The topological polar surface area (TPSA) is 52.6 Å². The monoisotopic (exact) mass is 326 g/mol. The van der Waals surface area contributed by atoms with Gasteiger partial charge in [0.05, 0.1) is 5.60 Å². The van der Waals surface area contributed by atoms with Gasteiger partial charge < -0.3 is 10.4 Å². The van der Waals surface area contributed by atoms with E-state index in [0.717, 1.165) is 12.1 Å². The molecule has 24 heavy (non-hydrogen) atoms. The smallest absolute Gasteiger partial charge is 0.251 e. The van der Waals surface area contributed by atoms with Crippen LogP contribution in [0, 0.1) is 0 Å². The predicted molar refractivity (Wildman–Crippen MR) is 96.7 cm³/mol. The lowest BCUT2D eigenvalue weighted by Gasteiger charge is -2.29. The molecule has 2 N–H and O–H groups in total. The van der Waals surface area contributed by atoms with Gasteiger partial charge in [-0.25, -0.2) is 0 Å². The number of amides is 1. The summed E-state index contributed by atoms with van der Waals surface area (Å²) in [5, 5.41) is 12.9. The second kappa shape index (κ2) is 8.08. The summed E-state index contributed by atoms with van der Waals surface area (Å²) in [4.78, 5) is 14.0. The molecule has 0 atom stereocenters. The van der Waals surface area contributed by atoms with Gasteiger partial charge >= 0.3 is 0 Å². The lowest BCUT2D eigenvalue weighted by Crippen LogP contribution is -2.37. The zero-order valence-corrected chi connectivity index (χ0v) is 14.6. The Morgan fingerprint density at radius 1 is 1.04 bits per heavy atom. The van der Waals surface area contributed by atoms with E-state index in [2.05, 4.69) is 22.3 Å². The Balaban J connectivity index is 2.17. The van der Waals surface area contributed by atoms with Crippen molar-refractivity contribution in [3.63, 3.8) is 0 Å². The lowest BCUT2D eigenvalue weighted by atomic mass is 10.1. The molecule has 0 heterocycles. The van der Waals surface area contributed by atoms with Gasteiger partial charge in [-0.05, 0) is 37.1 Å². The standard InChI is InChI=1S/C20H26N2O2/c1-20(2,24)15-22(13-16-8-5-4-6-9-16)14-17-10-7-11-18(12-17)19(23)21-3/h4-12,24H,13-15H2,1-3H3,(H,21,23). The molecular weight excluding hydrogens is 300 g/mol. The van der Waals surface area contributed by atoms with E-state index in [0.29, 0.717) is 18.7 Å². The number of nitrogens with one attached hydrogen (secondary N) is 1. The van der Waals surface area contributed by atoms with Crippen molar-refractivity contribution in [3.05, 3.63) is 71.3 Å².